The van der Waals surface area contributed by atoms with E-state index in [1.54, 1.807) is 27.8 Å². The van der Waals surface area contributed by atoms with Crippen molar-refractivity contribution in [3.05, 3.63) is 83.4 Å². The summed E-state index contributed by atoms with van der Waals surface area (Å²) in [5, 5.41) is 6.94. The number of hydrogen-bond donors (Lipinski definition) is 1. The number of carbonyl (C=O) groups is 1. The van der Waals surface area contributed by atoms with E-state index in [4.69, 9.17) is 0 Å². The van der Waals surface area contributed by atoms with Crippen molar-refractivity contribution in [1.29, 1.82) is 0 Å². The molecule has 0 saturated heterocycles. The van der Waals surface area contributed by atoms with Crippen LogP contribution >= 0.6 is 0 Å². The van der Waals surface area contributed by atoms with Crippen LogP contribution in [0.1, 0.15) is 22.6 Å². The molecule has 0 bridgehead atoms. The van der Waals surface area contributed by atoms with Crippen molar-refractivity contribution >= 4 is 11.7 Å². The maximum Gasteiger partial charge on any atom is 0.322 e. The fourth-order valence-electron chi connectivity index (χ4n) is 3.42. The Balaban J connectivity index is 1.62. The van der Waals surface area contributed by atoms with E-state index in [0.29, 0.717) is 13.1 Å². The Bertz CT molecular complexity index is 952. The van der Waals surface area contributed by atoms with Crippen molar-refractivity contribution in [2.45, 2.75) is 12.5 Å². The number of nitrogens with zero attached hydrogens (tertiary/aromatic N) is 3. The van der Waals surface area contributed by atoms with Crippen LogP contribution < -0.4 is 5.32 Å². The van der Waals surface area contributed by atoms with Crippen molar-refractivity contribution in [2.24, 2.45) is 7.05 Å². The summed E-state index contributed by atoms with van der Waals surface area (Å²) in [7, 11) is 1.88. The molecule has 4 rings (SSSR count). The van der Waals surface area contributed by atoms with Gasteiger partial charge in [-0.3, -0.25) is 4.68 Å². The summed E-state index contributed by atoms with van der Waals surface area (Å²) in [4.78, 5) is 14.5. The molecule has 5 nitrogen and oxygen atoms in total. The van der Waals surface area contributed by atoms with Gasteiger partial charge in [0.15, 0.2) is 0 Å². The number of amides is 2. The van der Waals surface area contributed by atoms with Gasteiger partial charge in [-0.05, 0) is 28.8 Å². The monoisotopic (exact) mass is 350 g/mol. The molecule has 26 heavy (non-hydrogen) atoms. The molecule has 2 amide bonds. The molecular weight excluding hydrogens is 331 g/mol. The van der Waals surface area contributed by atoms with Gasteiger partial charge in [-0.25, -0.2) is 9.18 Å². The number of fused-ring (bicyclic) bond motifs is 1. The van der Waals surface area contributed by atoms with E-state index in [0.717, 1.165) is 11.1 Å². The third-order valence-electron chi connectivity index (χ3n) is 4.72. The van der Waals surface area contributed by atoms with Crippen LogP contribution in [0.2, 0.25) is 0 Å². The van der Waals surface area contributed by atoms with Crippen LogP contribution in [-0.4, -0.2) is 27.3 Å². The number of aryl methyl sites for hydroxylation is 1. The topological polar surface area (TPSA) is 50.2 Å². The molecule has 0 fully saturated rings. The van der Waals surface area contributed by atoms with Crippen LogP contribution in [0.15, 0.2) is 60.9 Å². The van der Waals surface area contributed by atoms with Gasteiger partial charge in [0, 0.05) is 32.3 Å². The first kappa shape index (κ1) is 16.3. The Morgan fingerprint density at radius 1 is 1.19 bits per heavy atom. The van der Waals surface area contributed by atoms with Crippen LogP contribution in [0, 0.1) is 5.82 Å². The highest BCUT2D eigenvalue weighted by Crippen LogP contribution is 2.33. The van der Waals surface area contributed by atoms with E-state index in [1.807, 2.05) is 37.6 Å². The van der Waals surface area contributed by atoms with Crippen LogP contribution in [-0.2, 0) is 13.6 Å². The number of urea groups is 1. The standard InChI is InChI=1S/C20H19FN4O/c1-24-11-15(10-22-24)17-13-25(12-14-6-2-3-7-16(14)17)20(26)23-19-9-5-4-8-18(19)21/h2-11,17H,12-13H2,1H3,(H,23,26). The Hall–Kier alpha value is -3.15. The van der Waals surface area contributed by atoms with E-state index >= 15 is 0 Å². The SMILES string of the molecule is Cn1cc(C2CN(C(=O)Nc3ccccc3F)Cc3ccccc32)cn1. The summed E-state index contributed by atoms with van der Waals surface area (Å²) >= 11 is 0. The van der Waals surface area contributed by atoms with Gasteiger partial charge in [0.05, 0.1) is 11.9 Å². The van der Waals surface area contributed by atoms with Crippen molar-refractivity contribution in [1.82, 2.24) is 14.7 Å². The molecule has 1 aromatic heterocycles. The second-order valence-corrected chi connectivity index (χ2v) is 6.49. The zero-order valence-corrected chi connectivity index (χ0v) is 14.4. The number of aromatic nitrogens is 2. The number of rotatable bonds is 2. The van der Waals surface area contributed by atoms with Gasteiger partial charge in [0.1, 0.15) is 5.82 Å². The average Bonchev–Trinajstić information content (AvgIpc) is 3.09. The molecule has 1 aliphatic rings. The highest BCUT2D eigenvalue weighted by molar-refractivity contribution is 5.89. The van der Waals surface area contributed by atoms with Crippen molar-refractivity contribution in [2.75, 3.05) is 11.9 Å². The van der Waals surface area contributed by atoms with Gasteiger partial charge in [-0.15, -0.1) is 0 Å². The zero-order chi connectivity index (χ0) is 18.1. The van der Waals surface area contributed by atoms with Crippen molar-refractivity contribution in [3.8, 4) is 0 Å². The Kier molecular flexibility index (Phi) is 4.16. The molecule has 2 aromatic carbocycles. The van der Waals surface area contributed by atoms with Gasteiger partial charge in [0.2, 0.25) is 0 Å². The lowest BCUT2D eigenvalue weighted by Crippen LogP contribution is -2.41. The van der Waals surface area contributed by atoms with E-state index in [1.165, 1.54) is 11.6 Å². The minimum Gasteiger partial charge on any atom is -0.319 e. The fraction of sp³-hybridized carbons (Fsp3) is 0.200. The molecule has 0 saturated carbocycles. The van der Waals surface area contributed by atoms with Crippen LogP contribution in [0.25, 0.3) is 0 Å². The molecule has 132 valence electrons. The van der Waals surface area contributed by atoms with Crippen LogP contribution in [0.3, 0.4) is 0 Å². The van der Waals surface area contributed by atoms with E-state index < -0.39 is 5.82 Å². The molecule has 3 aromatic rings. The van der Waals surface area contributed by atoms with Crippen molar-refractivity contribution in [3.63, 3.8) is 0 Å². The Morgan fingerprint density at radius 2 is 1.96 bits per heavy atom. The second kappa shape index (κ2) is 6.63. The number of benzene rings is 2. The molecule has 0 radical (unpaired) electrons. The first-order valence-corrected chi connectivity index (χ1v) is 8.48. The number of nitrogens with one attached hydrogen (secondary N) is 1. The lowest BCUT2D eigenvalue weighted by Gasteiger charge is -2.34. The average molecular weight is 350 g/mol. The Morgan fingerprint density at radius 3 is 2.73 bits per heavy atom. The third-order valence-corrected chi connectivity index (χ3v) is 4.72. The second-order valence-electron chi connectivity index (χ2n) is 6.49. The number of carbonyl (C=O) groups excluding carboxylic acids is 1. The molecule has 2 heterocycles. The quantitative estimate of drug-likeness (QED) is 0.765. The predicted octanol–water partition coefficient (Wildman–Crippen LogP) is 3.74. The third kappa shape index (κ3) is 3.06. The molecule has 1 unspecified atom stereocenters. The smallest absolute Gasteiger partial charge is 0.319 e. The van der Waals surface area contributed by atoms with Gasteiger partial charge in [-0.1, -0.05) is 36.4 Å². The number of para-hydroxylation sites is 1. The van der Waals surface area contributed by atoms with Gasteiger partial charge in [0.25, 0.3) is 0 Å². The predicted molar refractivity (Wildman–Crippen MR) is 97.3 cm³/mol. The van der Waals surface area contributed by atoms with E-state index in [-0.39, 0.29) is 17.6 Å². The molecule has 6 heteroatoms. The number of anilines is 1. The summed E-state index contributed by atoms with van der Waals surface area (Å²) in [6, 6.07) is 14.0. The molecule has 0 spiro atoms. The van der Waals surface area contributed by atoms with Gasteiger partial charge < -0.3 is 10.2 Å². The lowest BCUT2D eigenvalue weighted by atomic mass is 9.86. The van der Waals surface area contributed by atoms with Gasteiger partial charge >= 0.3 is 6.03 Å². The van der Waals surface area contributed by atoms with E-state index in [9.17, 15) is 9.18 Å². The first-order valence-electron chi connectivity index (χ1n) is 8.48. The van der Waals surface area contributed by atoms with Crippen molar-refractivity contribution < 1.29 is 9.18 Å². The highest BCUT2D eigenvalue weighted by Gasteiger charge is 2.30. The maximum atomic E-state index is 13.9. The molecular formula is C20H19FN4O. The number of halogens is 1. The summed E-state index contributed by atoms with van der Waals surface area (Å²) in [6.07, 6.45) is 3.80. The zero-order valence-electron chi connectivity index (χ0n) is 14.4. The summed E-state index contributed by atoms with van der Waals surface area (Å²) < 4.78 is 15.6. The summed E-state index contributed by atoms with van der Waals surface area (Å²) in [6.45, 7) is 1.01. The van der Waals surface area contributed by atoms with Crippen LogP contribution in [0.4, 0.5) is 14.9 Å². The minimum atomic E-state index is -0.443. The lowest BCUT2D eigenvalue weighted by molar-refractivity contribution is 0.202. The Labute approximate surface area is 151 Å². The normalized spacial score (nSPS) is 16.2. The molecule has 1 aliphatic heterocycles. The highest BCUT2D eigenvalue weighted by atomic mass is 19.1. The van der Waals surface area contributed by atoms with E-state index in [2.05, 4.69) is 16.5 Å². The largest absolute Gasteiger partial charge is 0.322 e. The van der Waals surface area contributed by atoms with Gasteiger partial charge in [-0.2, -0.15) is 5.10 Å². The number of hydrogen-bond acceptors (Lipinski definition) is 2. The summed E-state index contributed by atoms with van der Waals surface area (Å²) in [5.41, 5.74) is 3.55. The minimum absolute atomic E-state index is 0.0417. The fourth-order valence-corrected chi connectivity index (χ4v) is 3.42. The molecule has 0 aliphatic carbocycles. The maximum absolute atomic E-state index is 13.9. The molecule has 1 N–H and O–H groups in total. The summed E-state index contributed by atoms with van der Waals surface area (Å²) in [5.74, 6) is -0.401. The molecule has 1 atom stereocenters. The first-order chi connectivity index (χ1) is 12.6. The van der Waals surface area contributed by atoms with Crippen LogP contribution in [0.5, 0.6) is 0 Å².